The molecule has 0 heterocycles. The number of methoxy groups -OCH3 is 1. The third-order valence-electron chi connectivity index (χ3n) is 5.29. The second-order valence-corrected chi connectivity index (χ2v) is 9.11. The number of benzene rings is 2. The van der Waals surface area contributed by atoms with E-state index in [-0.39, 0.29) is 12.5 Å². The predicted molar refractivity (Wildman–Crippen MR) is 99.4 cm³/mol. The highest BCUT2D eigenvalue weighted by atomic mass is 32.2. The van der Waals surface area contributed by atoms with Crippen LogP contribution in [0.5, 0.6) is 0 Å². The second-order valence-electron chi connectivity index (χ2n) is 7.04. The SMILES string of the molecule is COC[C@@]1(CN)[C@H](S(=O)(=O)c2ccc(C)cc2)[C@@H]1c1ccc(C)cc1. The van der Waals surface area contributed by atoms with E-state index in [2.05, 4.69) is 0 Å². The second kappa shape index (κ2) is 6.56. The Kier molecular flexibility index (Phi) is 4.75. The first-order valence-electron chi connectivity index (χ1n) is 8.43. The summed E-state index contributed by atoms with van der Waals surface area (Å²) in [5.41, 5.74) is 8.67. The van der Waals surface area contributed by atoms with E-state index in [9.17, 15) is 8.42 Å². The zero-order valence-electron chi connectivity index (χ0n) is 14.9. The van der Waals surface area contributed by atoms with E-state index in [0.717, 1.165) is 16.7 Å². The van der Waals surface area contributed by atoms with E-state index in [0.29, 0.717) is 11.5 Å². The third-order valence-corrected chi connectivity index (χ3v) is 7.63. The van der Waals surface area contributed by atoms with Crippen molar-refractivity contribution < 1.29 is 13.2 Å². The van der Waals surface area contributed by atoms with Gasteiger partial charge in [0.25, 0.3) is 0 Å². The minimum atomic E-state index is -3.49. The largest absolute Gasteiger partial charge is 0.384 e. The predicted octanol–water partition coefficient (Wildman–Crippen LogP) is 2.83. The summed E-state index contributed by atoms with van der Waals surface area (Å²) >= 11 is 0. The number of aryl methyl sites for hydroxylation is 2. The molecule has 5 heteroatoms. The fraction of sp³-hybridized carbons (Fsp3) is 0.400. The lowest BCUT2D eigenvalue weighted by Gasteiger charge is -2.15. The van der Waals surface area contributed by atoms with E-state index < -0.39 is 20.5 Å². The van der Waals surface area contributed by atoms with Crippen LogP contribution in [0, 0.1) is 19.3 Å². The van der Waals surface area contributed by atoms with Crippen molar-refractivity contribution in [3.63, 3.8) is 0 Å². The summed E-state index contributed by atoms with van der Waals surface area (Å²) in [6.07, 6.45) is 0. The van der Waals surface area contributed by atoms with Crippen molar-refractivity contribution in [3.05, 3.63) is 65.2 Å². The number of hydrogen-bond acceptors (Lipinski definition) is 4. The zero-order valence-corrected chi connectivity index (χ0v) is 15.7. The van der Waals surface area contributed by atoms with Gasteiger partial charge in [0.2, 0.25) is 0 Å². The molecule has 1 aliphatic rings. The van der Waals surface area contributed by atoms with Crippen molar-refractivity contribution in [1.82, 2.24) is 0 Å². The summed E-state index contributed by atoms with van der Waals surface area (Å²) < 4.78 is 32.0. The molecule has 0 radical (unpaired) electrons. The van der Waals surface area contributed by atoms with Gasteiger partial charge in [-0.2, -0.15) is 0 Å². The molecule has 1 aliphatic carbocycles. The summed E-state index contributed by atoms with van der Waals surface area (Å²) in [6, 6.07) is 15.1. The van der Waals surface area contributed by atoms with Gasteiger partial charge in [0.1, 0.15) is 0 Å². The van der Waals surface area contributed by atoms with Crippen LogP contribution in [0.1, 0.15) is 22.6 Å². The molecule has 1 fully saturated rings. The van der Waals surface area contributed by atoms with Gasteiger partial charge in [-0.1, -0.05) is 47.5 Å². The van der Waals surface area contributed by atoms with Crippen LogP contribution in [-0.4, -0.2) is 33.9 Å². The van der Waals surface area contributed by atoms with Crippen LogP contribution in [0.3, 0.4) is 0 Å². The van der Waals surface area contributed by atoms with Crippen molar-refractivity contribution in [2.24, 2.45) is 11.1 Å². The van der Waals surface area contributed by atoms with E-state index in [1.54, 1.807) is 19.2 Å². The zero-order chi connectivity index (χ0) is 18.2. The van der Waals surface area contributed by atoms with E-state index in [1.807, 2.05) is 50.2 Å². The molecular formula is C20H25NO3S. The maximum atomic E-state index is 13.3. The monoisotopic (exact) mass is 359 g/mol. The van der Waals surface area contributed by atoms with Gasteiger partial charge < -0.3 is 10.5 Å². The maximum Gasteiger partial charge on any atom is 0.182 e. The summed E-state index contributed by atoms with van der Waals surface area (Å²) in [4.78, 5) is 0.353. The van der Waals surface area contributed by atoms with Crippen LogP contribution >= 0.6 is 0 Å². The van der Waals surface area contributed by atoms with Crippen LogP contribution in [0.15, 0.2) is 53.4 Å². The van der Waals surface area contributed by atoms with Crippen molar-refractivity contribution in [3.8, 4) is 0 Å². The summed E-state index contributed by atoms with van der Waals surface area (Å²) in [5, 5.41) is -0.560. The Bertz CT molecular complexity index is 844. The van der Waals surface area contributed by atoms with Gasteiger partial charge in [-0.25, -0.2) is 8.42 Å². The normalized spacial score (nSPS) is 25.8. The van der Waals surface area contributed by atoms with Crippen molar-refractivity contribution in [2.45, 2.75) is 29.9 Å². The molecule has 4 nitrogen and oxygen atoms in total. The molecule has 0 aromatic heterocycles. The highest BCUT2D eigenvalue weighted by Crippen LogP contribution is 2.63. The minimum absolute atomic E-state index is 0.149. The lowest BCUT2D eigenvalue weighted by Crippen LogP contribution is -2.28. The molecule has 2 aromatic carbocycles. The van der Waals surface area contributed by atoms with Crippen molar-refractivity contribution >= 4 is 9.84 Å². The molecule has 134 valence electrons. The number of ether oxygens (including phenoxy) is 1. The van der Waals surface area contributed by atoms with Crippen molar-refractivity contribution in [1.29, 1.82) is 0 Å². The Morgan fingerprint density at radius 3 is 2.00 bits per heavy atom. The maximum absolute atomic E-state index is 13.3. The minimum Gasteiger partial charge on any atom is -0.384 e. The van der Waals surface area contributed by atoms with Crippen LogP contribution in [-0.2, 0) is 14.6 Å². The lowest BCUT2D eigenvalue weighted by molar-refractivity contribution is 0.142. The lowest BCUT2D eigenvalue weighted by atomic mass is 9.99. The molecule has 0 amide bonds. The van der Waals surface area contributed by atoms with E-state index >= 15 is 0 Å². The van der Waals surface area contributed by atoms with Gasteiger partial charge in [0, 0.05) is 25.0 Å². The van der Waals surface area contributed by atoms with E-state index in [4.69, 9.17) is 10.5 Å². The Morgan fingerprint density at radius 2 is 1.52 bits per heavy atom. The van der Waals surface area contributed by atoms with Gasteiger partial charge in [-0.05, 0) is 31.5 Å². The summed E-state index contributed by atoms with van der Waals surface area (Å²) in [6.45, 7) is 4.56. The van der Waals surface area contributed by atoms with Crippen LogP contribution in [0.4, 0.5) is 0 Å². The van der Waals surface area contributed by atoms with Gasteiger partial charge in [-0.3, -0.25) is 0 Å². The Morgan fingerprint density at radius 1 is 1.00 bits per heavy atom. The molecule has 0 aliphatic heterocycles. The molecule has 0 bridgehead atoms. The first-order chi connectivity index (χ1) is 11.9. The first-order valence-corrected chi connectivity index (χ1v) is 9.97. The standard InChI is InChI=1S/C20H25NO3S/c1-14-4-8-16(9-5-14)18-19(20(18,12-21)13-24-3)25(22,23)17-10-6-15(2)7-11-17/h4-11,18-19H,12-13,21H2,1-3H3/t18-,19+,20+/m0/s1. The quantitative estimate of drug-likeness (QED) is 0.861. The molecule has 0 unspecified atom stereocenters. The van der Waals surface area contributed by atoms with Crippen LogP contribution in [0.25, 0.3) is 0 Å². The third kappa shape index (κ3) is 3.01. The average Bonchev–Trinajstić information content (AvgIpc) is 3.26. The molecule has 3 atom stereocenters. The molecule has 1 saturated carbocycles. The highest BCUT2D eigenvalue weighted by molar-refractivity contribution is 7.92. The number of hydrogen-bond donors (Lipinski definition) is 1. The van der Waals surface area contributed by atoms with E-state index in [1.165, 1.54) is 0 Å². The molecule has 3 rings (SSSR count). The first kappa shape index (κ1) is 18.1. The molecule has 0 saturated heterocycles. The molecule has 25 heavy (non-hydrogen) atoms. The fourth-order valence-electron chi connectivity index (χ4n) is 3.84. The summed E-state index contributed by atoms with van der Waals surface area (Å²) in [5.74, 6) is -0.149. The van der Waals surface area contributed by atoms with Crippen molar-refractivity contribution in [2.75, 3.05) is 20.3 Å². The average molecular weight is 359 g/mol. The number of nitrogens with two attached hydrogens (primary N) is 1. The van der Waals surface area contributed by atoms with Gasteiger partial charge in [0.05, 0.1) is 16.8 Å². The Labute approximate surface area is 149 Å². The Balaban J connectivity index is 2.05. The smallest absolute Gasteiger partial charge is 0.182 e. The molecule has 0 spiro atoms. The van der Waals surface area contributed by atoms with Gasteiger partial charge >= 0.3 is 0 Å². The van der Waals surface area contributed by atoms with Crippen LogP contribution < -0.4 is 5.73 Å². The van der Waals surface area contributed by atoms with Gasteiger partial charge in [0.15, 0.2) is 9.84 Å². The van der Waals surface area contributed by atoms with Crippen LogP contribution in [0.2, 0.25) is 0 Å². The van der Waals surface area contributed by atoms with Gasteiger partial charge in [-0.15, -0.1) is 0 Å². The topological polar surface area (TPSA) is 69.4 Å². The fourth-order valence-corrected chi connectivity index (χ4v) is 6.28. The molecular weight excluding hydrogens is 334 g/mol. The number of rotatable bonds is 6. The molecule has 2 aromatic rings. The Hall–Kier alpha value is -1.69. The molecule has 2 N–H and O–H groups in total. The number of sulfone groups is 1. The highest BCUT2D eigenvalue weighted by Gasteiger charge is 2.70. The summed E-state index contributed by atoms with van der Waals surface area (Å²) in [7, 11) is -1.90.